The molecule has 26 heavy (non-hydrogen) atoms. The Kier molecular flexibility index (Phi) is 3.31. The molecule has 1 fully saturated rings. The maximum absolute atomic E-state index is 12.4. The maximum atomic E-state index is 12.4. The molecule has 0 radical (unpaired) electrons. The molecule has 8 heteroatoms. The molecule has 0 saturated carbocycles. The van der Waals surface area contributed by atoms with Crippen LogP contribution in [0.3, 0.4) is 0 Å². The van der Waals surface area contributed by atoms with Crippen molar-refractivity contribution in [1.29, 1.82) is 0 Å². The van der Waals surface area contributed by atoms with Crippen LogP contribution in [0.1, 0.15) is 24.6 Å². The third-order valence-corrected chi connectivity index (χ3v) is 5.14. The third-order valence-electron chi connectivity index (χ3n) is 5.14. The van der Waals surface area contributed by atoms with Crippen LogP contribution in [-0.2, 0) is 0 Å². The van der Waals surface area contributed by atoms with Crippen LogP contribution in [-0.4, -0.2) is 42.2 Å². The SMILES string of the molecule is Cc1cc(N2CCC(n3c(=O)[nH]c4ccccc43)CC2)n2ncnc2n1. The third kappa shape index (κ3) is 2.29. The molecule has 1 aromatic carbocycles. The van der Waals surface area contributed by atoms with Crippen LogP contribution in [0.5, 0.6) is 0 Å². The molecule has 1 aliphatic heterocycles. The second kappa shape index (κ2) is 5.69. The first kappa shape index (κ1) is 15.1. The summed E-state index contributed by atoms with van der Waals surface area (Å²) < 4.78 is 3.70. The van der Waals surface area contributed by atoms with E-state index in [1.54, 1.807) is 4.52 Å². The monoisotopic (exact) mass is 349 g/mol. The van der Waals surface area contributed by atoms with Crippen LogP contribution in [0.15, 0.2) is 41.5 Å². The summed E-state index contributed by atoms with van der Waals surface area (Å²) in [7, 11) is 0. The van der Waals surface area contributed by atoms with Gasteiger partial charge in [-0.2, -0.15) is 14.6 Å². The van der Waals surface area contributed by atoms with E-state index in [1.165, 1.54) is 6.33 Å². The molecule has 132 valence electrons. The van der Waals surface area contributed by atoms with Gasteiger partial charge in [-0.05, 0) is 31.9 Å². The average Bonchev–Trinajstić information content (AvgIpc) is 3.24. The Morgan fingerprint density at radius 3 is 2.85 bits per heavy atom. The van der Waals surface area contributed by atoms with Crippen molar-refractivity contribution in [2.45, 2.75) is 25.8 Å². The second-order valence-electron chi connectivity index (χ2n) is 6.76. The molecule has 1 N–H and O–H groups in total. The Balaban J connectivity index is 1.45. The second-order valence-corrected chi connectivity index (χ2v) is 6.76. The Labute approximate surface area is 149 Å². The summed E-state index contributed by atoms with van der Waals surface area (Å²) in [6, 6.07) is 10.1. The number of nitrogens with one attached hydrogen (secondary N) is 1. The van der Waals surface area contributed by atoms with E-state index < -0.39 is 0 Å². The van der Waals surface area contributed by atoms with Crippen molar-refractivity contribution in [2.75, 3.05) is 18.0 Å². The number of hydrogen-bond acceptors (Lipinski definition) is 5. The Morgan fingerprint density at radius 1 is 1.19 bits per heavy atom. The Hall–Kier alpha value is -3.16. The lowest BCUT2D eigenvalue weighted by atomic mass is 10.0. The number of piperidine rings is 1. The normalized spacial score (nSPS) is 16.0. The molecule has 1 aliphatic rings. The Bertz CT molecular complexity index is 1150. The molecule has 0 bridgehead atoms. The predicted octanol–water partition coefficient (Wildman–Crippen LogP) is 1.92. The predicted molar refractivity (Wildman–Crippen MR) is 98.6 cm³/mol. The zero-order chi connectivity index (χ0) is 17.7. The van der Waals surface area contributed by atoms with Crippen molar-refractivity contribution in [3.63, 3.8) is 0 Å². The molecular weight excluding hydrogens is 330 g/mol. The summed E-state index contributed by atoms with van der Waals surface area (Å²) in [5, 5.41) is 4.30. The van der Waals surface area contributed by atoms with E-state index in [1.807, 2.05) is 41.8 Å². The number of aromatic amines is 1. The first-order valence-electron chi connectivity index (χ1n) is 8.82. The fourth-order valence-electron chi connectivity index (χ4n) is 3.93. The number of anilines is 1. The summed E-state index contributed by atoms with van der Waals surface area (Å²) in [5.41, 5.74) is 2.78. The number of rotatable bonds is 2. The number of fused-ring (bicyclic) bond motifs is 2. The van der Waals surface area contributed by atoms with Gasteiger partial charge in [-0.25, -0.2) is 9.78 Å². The van der Waals surface area contributed by atoms with Crippen LogP contribution >= 0.6 is 0 Å². The number of nitrogens with zero attached hydrogens (tertiary/aromatic N) is 6. The smallest absolute Gasteiger partial charge is 0.326 e. The van der Waals surface area contributed by atoms with Crippen LogP contribution in [0, 0.1) is 6.92 Å². The minimum Gasteiger partial charge on any atom is -0.356 e. The molecule has 0 unspecified atom stereocenters. The van der Waals surface area contributed by atoms with Crippen molar-refractivity contribution in [3.05, 3.63) is 52.8 Å². The van der Waals surface area contributed by atoms with Crippen molar-refractivity contribution in [2.24, 2.45) is 0 Å². The van der Waals surface area contributed by atoms with E-state index in [0.717, 1.165) is 48.5 Å². The van der Waals surface area contributed by atoms with Gasteiger partial charge in [0.25, 0.3) is 5.78 Å². The van der Waals surface area contributed by atoms with Crippen LogP contribution in [0.4, 0.5) is 5.82 Å². The molecule has 8 nitrogen and oxygen atoms in total. The molecule has 5 rings (SSSR count). The highest BCUT2D eigenvalue weighted by Gasteiger charge is 2.25. The van der Waals surface area contributed by atoms with Gasteiger partial charge in [0.05, 0.1) is 11.0 Å². The molecule has 3 aromatic heterocycles. The van der Waals surface area contributed by atoms with E-state index in [9.17, 15) is 4.79 Å². The molecule has 0 aliphatic carbocycles. The minimum absolute atomic E-state index is 0.0249. The molecule has 1 saturated heterocycles. The summed E-state index contributed by atoms with van der Waals surface area (Å²) in [6.45, 7) is 3.68. The van der Waals surface area contributed by atoms with Crippen molar-refractivity contribution >= 4 is 22.6 Å². The zero-order valence-electron chi connectivity index (χ0n) is 14.5. The lowest BCUT2D eigenvalue weighted by Crippen LogP contribution is -2.38. The number of H-pyrrole nitrogens is 1. The standard InChI is InChI=1S/C18H19N7O/c1-12-10-16(25-17(21-12)19-11-20-25)23-8-6-13(7-9-23)24-15-5-3-2-4-14(15)22-18(24)26/h2-5,10-11,13H,6-9H2,1H3,(H,22,26). The van der Waals surface area contributed by atoms with Gasteiger partial charge in [0, 0.05) is 30.9 Å². The molecule has 4 aromatic rings. The van der Waals surface area contributed by atoms with Gasteiger partial charge in [0.1, 0.15) is 12.1 Å². The van der Waals surface area contributed by atoms with Gasteiger partial charge in [-0.1, -0.05) is 12.1 Å². The van der Waals surface area contributed by atoms with E-state index in [4.69, 9.17) is 0 Å². The first-order chi connectivity index (χ1) is 12.7. The summed E-state index contributed by atoms with van der Waals surface area (Å²) >= 11 is 0. The number of benzene rings is 1. The maximum Gasteiger partial charge on any atom is 0.326 e. The van der Waals surface area contributed by atoms with Crippen LogP contribution < -0.4 is 10.6 Å². The van der Waals surface area contributed by atoms with Crippen LogP contribution in [0.25, 0.3) is 16.8 Å². The molecular formula is C18H19N7O. The number of aromatic nitrogens is 6. The number of hydrogen-bond donors (Lipinski definition) is 1. The van der Waals surface area contributed by atoms with Gasteiger partial charge in [-0.15, -0.1) is 0 Å². The lowest BCUT2D eigenvalue weighted by molar-refractivity contribution is 0.394. The highest BCUT2D eigenvalue weighted by molar-refractivity contribution is 5.75. The Morgan fingerprint density at radius 2 is 2.00 bits per heavy atom. The fourth-order valence-corrected chi connectivity index (χ4v) is 3.93. The fraction of sp³-hybridized carbons (Fsp3) is 0.333. The van der Waals surface area contributed by atoms with Crippen molar-refractivity contribution < 1.29 is 0 Å². The van der Waals surface area contributed by atoms with Gasteiger partial charge >= 0.3 is 5.69 Å². The van der Waals surface area contributed by atoms with Crippen LogP contribution in [0.2, 0.25) is 0 Å². The lowest BCUT2D eigenvalue weighted by Gasteiger charge is -2.34. The van der Waals surface area contributed by atoms with E-state index in [0.29, 0.717) is 5.78 Å². The van der Waals surface area contributed by atoms with Gasteiger partial charge in [0.15, 0.2) is 0 Å². The topological polar surface area (TPSA) is 84.1 Å². The first-order valence-corrected chi connectivity index (χ1v) is 8.82. The quantitative estimate of drug-likeness (QED) is 0.598. The van der Waals surface area contributed by atoms with Gasteiger partial charge < -0.3 is 9.88 Å². The minimum atomic E-state index is -0.0249. The zero-order valence-corrected chi connectivity index (χ0v) is 14.5. The number of imidazole rings is 1. The summed E-state index contributed by atoms with van der Waals surface area (Å²) in [6.07, 6.45) is 3.34. The largest absolute Gasteiger partial charge is 0.356 e. The van der Waals surface area contributed by atoms with Crippen molar-refractivity contribution in [3.8, 4) is 0 Å². The number of aryl methyl sites for hydroxylation is 1. The van der Waals surface area contributed by atoms with E-state index >= 15 is 0 Å². The number of para-hydroxylation sites is 2. The van der Waals surface area contributed by atoms with E-state index in [-0.39, 0.29) is 11.7 Å². The summed E-state index contributed by atoms with van der Waals surface area (Å²) in [5.74, 6) is 1.63. The molecule has 4 heterocycles. The molecule has 0 spiro atoms. The van der Waals surface area contributed by atoms with Gasteiger partial charge in [0.2, 0.25) is 0 Å². The van der Waals surface area contributed by atoms with Gasteiger partial charge in [-0.3, -0.25) is 4.57 Å². The average molecular weight is 349 g/mol. The molecule has 0 amide bonds. The summed E-state index contributed by atoms with van der Waals surface area (Å²) in [4.78, 5) is 26.3. The highest BCUT2D eigenvalue weighted by atomic mass is 16.1. The molecule has 0 atom stereocenters. The van der Waals surface area contributed by atoms with E-state index in [2.05, 4.69) is 25.0 Å². The van der Waals surface area contributed by atoms with Crippen molar-refractivity contribution in [1.82, 2.24) is 29.1 Å². The highest BCUT2D eigenvalue weighted by Crippen LogP contribution is 2.28.